The molecule has 10 aromatic carbocycles. The van der Waals surface area contributed by atoms with Gasteiger partial charge in [-0.2, -0.15) is 0 Å². The van der Waals surface area contributed by atoms with Crippen molar-refractivity contribution in [3.05, 3.63) is 231 Å². The van der Waals surface area contributed by atoms with Crippen LogP contribution < -0.4 is 9.80 Å². The molecule has 2 nitrogen and oxygen atoms in total. The summed E-state index contributed by atoms with van der Waals surface area (Å²) in [5, 5.41) is 7.35. The summed E-state index contributed by atoms with van der Waals surface area (Å²) in [5.41, 5.74) is 11.5. The van der Waals surface area contributed by atoms with E-state index in [0.29, 0.717) is 0 Å². The topological polar surface area (TPSA) is 6.48 Å². The Labute approximate surface area is 327 Å². The monoisotopic (exact) mass is 714 g/mol. The lowest BCUT2D eigenvalue weighted by molar-refractivity contribution is 1.29. The van der Waals surface area contributed by atoms with Gasteiger partial charge in [0.15, 0.2) is 0 Å². The predicted octanol–water partition coefficient (Wildman–Crippen LogP) is 15.4. The molecule has 0 aliphatic carbocycles. The molecule has 264 valence electrons. The van der Waals surface area contributed by atoms with E-state index in [1.165, 1.54) is 54.6 Å². The highest BCUT2D eigenvalue weighted by Crippen LogP contribution is 2.47. The Kier molecular flexibility index (Phi) is 8.55. The van der Waals surface area contributed by atoms with Gasteiger partial charge < -0.3 is 9.80 Å². The Morgan fingerprint density at radius 3 is 1.11 bits per heavy atom. The average Bonchev–Trinajstić information content (AvgIpc) is 3.28. The van der Waals surface area contributed by atoms with Gasteiger partial charge in [0.1, 0.15) is 0 Å². The lowest BCUT2D eigenvalue weighted by Crippen LogP contribution is -2.11. The summed E-state index contributed by atoms with van der Waals surface area (Å²) in [6.07, 6.45) is 0. The fourth-order valence-corrected chi connectivity index (χ4v) is 8.19. The average molecular weight is 715 g/mol. The Bertz CT molecular complexity index is 2800. The summed E-state index contributed by atoms with van der Waals surface area (Å²) in [5.74, 6) is 0. The maximum absolute atomic E-state index is 2.42. The molecule has 0 heterocycles. The van der Waals surface area contributed by atoms with E-state index in [4.69, 9.17) is 0 Å². The Morgan fingerprint density at radius 2 is 0.589 bits per heavy atom. The third kappa shape index (κ3) is 6.04. The van der Waals surface area contributed by atoms with Gasteiger partial charge in [-0.1, -0.05) is 164 Å². The molecule has 0 N–H and O–H groups in total. The Balaban J connectivity index is 1.21. The van der Waals surface area contributed by atoms with Gasteiger partial charge in [0.25, 0.3) is 0 Å². The molecule has 0 aliphatic rings. The highest BCUT2D eigenvalue weighted by molar-refractivity contribution is 6.29. The van der Waals surface area contributed by atoms with Crippen molar-refractivity contribution in [3.63, 3.8) is 0 Å². The van der Waals surface area contributed by atoms with E-state index in [0.717, 1.165) is 34.1 Å². The number of hydrogen-bond donors (Lipinski definition) is 0. The zero-order chi connectivity index (χ0) is 37.3. The zero-order valence-electron chi connectivity index (χ0n) is 30.8. The van der Waals surface area contributed by atoms with E-state index in [9.17, 15) is 0 Å². The van der Waals surface area contributed by atoms with Crippen LogP contribution in [0.15, 0.2) is 231 Å². The second kappa shape index (κ2) is 14.4. The first kappa shape index (κ1) is 33.2. The summed E-state index contributed by atoms with van der Waals surface area (Å²) in [7, 11) is 0. The number of hydrogen-bond acceptors (Lipinski definition) is 2. The lowest BCUT2D eigenvalue weighted by Gasteiger charge is -2.29. The quantitative estimate of drug-likeness (QED) is 0.145. The standard InChI is InChI=1S/C54H38N2/c1-5-16-39(17-6-1)41-28-32-45(33-29-41)56(46-34-30-42(31-35-46)40-18-7-2-8-19-40)53-27-15-26-50-48-24-13-14-25-49(48)52-38-47(36-37-51(52)54(50)53)55(43-20-9-3-10-21-43)44-22-11-4-12-23-44/h1-38H. The molecule has 10 rings (SSSR count). The number of fused-ring (bicyclic) bond motifs is 6. The van der Waals surface area contributed by atoms with Crippen molar-refractivity contribution in [3.8, 4) is 22.3 Å². The Hall–Kier alpha value is -7.42. The van der Waals surface area contributed by atoms with Gasteiger partial charge in [0.05, 0.1) is 5.69 Å². The summed E-state index contributed by atoms with van der Waals surface area (Å²) in [6.45, 7) is 0. The van der Waals surface area contributed by atoms with Crippen LogP contribution in [-0.4, -0.2) is 0 Å². The Morgan fingerprint density at radius 1 is 0.214 bits per heavy atom. The first-order valence-electron chi connectivity index (χ1n) is 19.2. The summed E-state index contributed by atoms with van der Waals surface area (Å²) in [4.78, 5) is 4.77. The molecule has 0 unspecified atom stereocenters. The molecule has 0 radical (unpaired) electrons. The summed E-state index contributed by atoms with van der Waals surface area (Å²) in [6, 6.07) is 83.1. The molecule has 0 bridgehead atoms. The minimum Gasteiger partial charge on any atom is -0.310 e. The van der Waals surface area contributed by atoms with Crippen molar-refractivity contribution in [2.75, 3.05) is 9.80 Å². The van der Waals surface area contributed by atoms with Crippen molar-refractivity contribution in [1.82, 2.24) is 0 Å². The number of para-hydroxylation sites is 2. The van der Waals surface area contributed by atoms with E-state index in [1.54, 1.807) is 0 Å². The van der Waals surface area contributed by atoms with Gasteiger partial charge >= 0.3 is 0 Å². The fourth-order valence-electron chi connectivity index (χ4n) is 8.19. The van der Waals surface area contributed by atoms with Gasteiger partial charge in [-0.3, -0.25) is 0 Å². The molecule has 0 aliphatic heterocycles. The van der Waals surface area contributed by atoms with Gasteiger partial charge in [-0.25, -0.2) is 0 Å². The second-order valence-corrected chi connectivity index (χ2v) is 14.1. The molecule has 10 aromatic rings. The van der Waals surface area contributed by atoms with Crippen molar-refractivity contribution >= 4 is 66.4 Å². The molecule has 0 atom stereocenters. The highest BCUT2D eigenvalue weighted by atomic mass is 15.1. The van der Waals surface area contributed by atoms with Crippen LogP contribution in [0.5, 0.6) is 0 Å². The highest BCUT2D eigenvalue weighted by Gasteiger charge is 2.21. The van der Waals surface area contributed by atoms with Crippen LogP contribution in [0.1, 0.15) is 0 Å². The largest absolute Gasteiger partial charge is 0.310 e. The predicted molar refractivity (Wildman–Crippen MR) is 239 cm³/mol. The normalized spacial score (nSPS) is 11.2. The second-order valence-electron chi connectivity index (χ2n) is 14.1. The molecule has 0 saturated heterocycles. The number of benzene rings is 10. The number of nitrogens with zero attached hydrogens (tertiary/aromatic N) is 2. The molecule has 0 amide bonds. The number of anilines is 6. The third-order valence-electron chi connectivity index (χ3n) is 10.8. The van der Waals surface area contributed by atoms with Crippen molar-refractivity contribution in [1.29, 1.82) is 0 Å². The van der Waals surface area contributed by atoms with Crippen molar-refractivity contribution in [2.45, 2.75) is 0 Å². The molecular formula is C54H38N2. The molecule has 0 aromatic heterocycles. The summed E-state index contributed by atoms with van der Waals surface area (Å²) < 4.78 is 0. The van der Waals surface area contributed by atoms with Crippen LogP contribution in [0.4, 0.5) is 34.1 Å². The van der Waals surface area contributed by atoms with Crippen LogP contribution in [0.3, 0.4) is 0 Å². The minimum absolute atomic E-state index is 1.10. The van der Waals surface area contributed by atoms with Crippen LogP contribution in [0.2, 0.25) is 0 Å². The van der Waals surface area contributed by atoms with E-state index < -0.39 is 0 Å². The van der Waals surface area contributed by atoms with Crippen LogP contribution in [0.25, 0.3) is 54.6 Å². The lowest BCUT2D eigenvalue weighted by atomic mass is 9.92. The molecule has 0 saturated carbocycles. The first-order valence-corrected chi connectivity index (χ1v) is 19.2. The van der Waals surface area contributed by atoms with E-state index in [1.807, 2.05) is 0 Å². The van der Waals surface area contributed by atoms with E-state index in [2.05, 4.69) is 240 Å². The van der Waals surface area contributed by atoms with Gasteiger partial charge in [-0.05, 0) is 116 Å². The van der Waals surface area contributed by atoms with Crippen LogP contribution in [0, 0.1) is 0 Å². The zero-order valence-corrected chi connectivity index (χ0v) is 30.8. The van der Waals surface area contributed by atoms with Gasteiger partial charge in [0.2, 0.25) is 0 Å². The maximum Gasteiger partial charge on any atom is 0.0546 e. The number of rotatable bonds is 8. The van der Waals surface area contributed by atoms with Gasteiger partial charge in [0, 0.05) is 33.8 Å². The SMILES string of the molecule is c1ccc(-c2ccc(N(c3ccc(-c4ccccc4)cc3)c3cccc4c5ccccc5c5cc(N(c6ccccc6)c6ccccc6)ccc5c34)cc2)cc1. The third-order valence-corrected chi connectivity index (χ3v) is 10.8. The molecule has 0 spiro atoms. The minimum atomic E-state index is 1.10. The smallest absolute Gasteiger partial charge is 0.0546 e. The van der Waals surface area contributed by atoms with Crippen molar-refractivity contribution < 1.29 is 0 Å². The van der Waals surface area contributed by atoms with E-state index >= 15 is 0 Å². The molecular weight excluding hydrogens is 677 g/mol. The summed E-state index contributed by atoms with van der Waals surface area (Å²) >= 11 is 0. The van der Waals surface area contributed by atoms with Gasteiger partial charge in [-0.15, -0.1) is 0 Å². The van der Waals surface area contributed by atoms with Crippen LogP contribution in [-0.2, 0) is 0 Å². The van der Waals surface area contributed by atoms with E-state index in [-0.39, 0.29) is 0 Å². The molecule has 0 fully saturated rings. The van der Waals surface area contributed by atoms with Crippen molar-refractivity contribution in [2.24, 2.45) is 0 Å². The molecule has 56 heavy (non-hydrogen) atoms. The van der Waals surface area contributed by atoms with Crippen LogP contribution >= 0.6 is 0 Å². The molecule has 2 heteroatoms. The first-order chi connectivity index (χ1) is 27.8. The maximum atomic E-state index is 2.42. The fraction of sp³-hybridized carbons (Fsp3) is 0.